The number of rotatable bonds is 5. The van der Waals surface area contributed by atoms with E-state index in [1.165, 1.54) is 18.4 Å². The van der Waals surface area contributed by atoms with E-state index in [4.69, 9.17) is 4.42 Å². The van der Waals surface area contributed by atoms with Gasteiger partial charge in [0.15, 0.2) is 5.58 Å². The summed E-state index contributed by atoms with van der Waals surface area (Å²) in [4.78, 5) is 16.3. The van der Waals surface area contributed by atoms with E-state index >= 15 is 0 Å². The number of aromatic nitrogens is 1. The fourth-order valence-corrected chi connectivity index (χ4v) is 3.73. The summed E-state index contributed by atoms with van der Waals surface area (Å²) in [5.74, 6) is 0.0855. The third kappa shape index (κ3) is 4.55. The lowest BCUT2D eigenvalue weighted by Crippen LogP contribution is -2.34. The number of hydrogen-bond acceptors (Lipinski definition) is 3. The zero-order chi connectivity index (χ0) is 18.6. The number of hydrogen-bond donors (Lipinski definition) is 1. The number of benzene rings is 2. The molecule has 1 aromatic heterocycles. The van der Waals surface area contributed by atoms with Gasteiger partial charge < -0.3 is 4.42 Å². The topological polar surface area (TPSA) is 49.2 Å². The molecule has 1 saturated heterocycles. The smallest absolute Gasteiger partial charge is 0.408 e. The van der Waals surface area contributed by atoms with Crippen LogP contribution in [0.3, 0.4) is 0 Å². The SMILES string of the molecule is O=c1[nH]c2ccc(/C=C\CN3CCC(Cc4ccc(F)cc4)CC3)cc2o1. The predicted molar refractivity (Wildman–Crippen MR) is 105 cm³/mol. The van der Waals surface area contributed by atoms with Gasteiger partial charge in [0.25, 0.3) is 0 Å². The molecule has 0 spiro atoms. The minimum absolute atomic E-state index is 0.168. The molecule has 0 saturated carbocycles. The second-order valence-corrected chi connectivity index (χ2v) is 7.25. The molecule has 140 valence electrons. The van der Waals surface area contributed by atoms with Crippen molar-refractivity contribution in [3.8, 4) is 0 Å². The van der Waals surface area contributed by atoms with Crippen molar-refractivity contribution in [1.82, 2.24) is 9.88 Å². The Bertz CT molecular complexity index is 979. The standard InChI is InChI=1S/C22H23FN2O2/c23-19-6-3-17(4-7-19)14-18-9-12-25(13-10-18)11-1-2-16-5-8-20-21(15-16)27-22(26)24-20/h1-8,15,18H,9-14H2,(H,24,26)/b2-1-. The van der Waals surface area contributed by atoms with Gasteiger partial charge in [-0.05, 0) is 73.7 Å². The lowest BCUT2D eigenvalue weighted by molar-refractivity contribution is 0.200. The second kappa shape index (κ2) is 7.92. The Morgan fingerprint density at radius 1 is 1.15 bits per heavy atom. The summed E-state index contributed by atoms with van der Waals surface area (Å²) in [6.45, 7) is 3.09. The monoisotopic (exact) mass is 366 g/mol. The van der Waals surface area contributed by atoms with Crippen LogP contribution in [-0.4, -0.2) is 29.5 Å². The number of aromatic amines is 1. The van der Waals surface area contributed by atoms with Crippen molar-refractivity contribution in [3.63, 3.8) is 0 Å². The normalized spacial score (nSPS) is 16.5. The van der Waals surface area contributed by atoms with Crippen LogP contribution in [-0.2, 0) is 6.42 Å². The zero-order valence-electron chi connectivity index (χ0n) is 15.2. The molecule has 4 rings (SSSR count). The van der Waals surface area contributed by atoms with Crippen molar-refractivity contribution in [2.75, 3.05) is 19.6 Å². The van der Waals surface area contributed by atoms with Crippen LogP contribution >= 0.6 is 0 Å². The highest BCUT2D eigenvalue weighted by Gasteiger charge is 2.18. The third-order valence-corrected chi connectivity index (χ3v) is 5.26. The molecule has 5 heteroatoms. The Balaban J connectivity index is 1.26. The van der Waals surface area contributed by atoms with Gasteiger partial charge >= 0.3 is 5.76 Å². The van der Waals surface area contributed by atoms with Crippen molar-refractivity contribution >= 4 is 17.2 Å². The minimum Gasteiger partial charge on any atom is -0.408 e. The van der Waals surface area contributed by atoms with E-state index in [0.717, 1.165) is 37.1 Å². The molecule has 1 N–H and O–H groups in total. The number of nitrogens with one attached hydrogen (secondary N) is 1. The van der Waals surface area contributed by atoms with Crippen LogP contribution in [0.25, 0.3) is 17.2 Å². The average molecular weight is 366 g/mol. The third-order valence-electron chi connectivity index (χ3n) is 5.26. The van der Waals surface area contributed by atoms with Gasteiger partial charge in [-0.15, -0.1) is 0 Å². The highest BCUT2D eigenvalue weighted by Crippen LogP contribution is 2.22. The molecular formula is C22H23FN2O2. The summed E-state index contributed by atoms with van der Waals surface area (Å²) in [6, 6.07) is 12.6. The van der Waals surface area contributed by atoms with Gasteiger partial charge in [-0.3, -0.25) is 9.88 Å². The Morgan fingerprint density at radius 2 is 1.93 bits per heavy atom. The summed E-state index contributed by atoms with van der Waals surface area (Å²) in [5, 5.41) is 0. The molecule has 1 aliphatic rings. The van der Waals surface area contributed by atoms with Gasteiger partial charge in [0.1, 0.15) is 5.82 Å². The molecule has 2 heterocycles. The summed E-state index contributed by atoms with van der Waals surface area (Å²) in [7, 11) is 0. The number of nitrogens with zero attached hydrogens (tertiary/aromatic N) is 1. The van der Waals surface area contributed by atoms with Crippen molar-refractivity contribution in [2.45, 2.75) is 19.3 Å². The van der Waals surface area contributed by atoms with Crippen LogP contribution in [0.15, 0.2) is 57.8 Å². The van der Waals surface area contributed by atoms with E-state index < -0.39 is 5.76 Å². The number of halogens is 1. The van der Waals surface area contributed by atoms with Crippen molar-refractivity contribution in [3.05, 3.63) is 76.0 Å². The van der Waals surface area contributed by atoms with Crippen LogP contribution < -0.4 is 5.76 Å². The Labute approximate surface area is 157 Å². The summed E-state index contributed by atoms with van der Waals surface area (Å²) >= 11 is 0. The van der Waals surface area contributed by atoms with Gasteiger partial charge in [0.05, 0.1) is 5.52 Å². The minimum atomic E-state index is -0.422. The van der Waals surface area contributed by atoms with Gasteiger partial charge in [-0.1, -0.05) is 30.4 Å². The maximum Gasteiger partial charge on any atom is 0.417 e. The number of H-pyrrole nitrogens is 1. The molecule has 0 atom stereocenters. The van der Waals surface area contributed by atoms with Gasteiger partial charge in [-0.25, -0.2) is 9.18 Å². The van der Waals surface area contributed by atoms with Crippen molar-refractivity contribution in [2.24, 2.45) is 5.92 Å². The van der Waals surface area contributed by atoms with E-state index in [1.807, 2.05) is 30.3 Å². The fraction of sp³-hybridized carbons (Fsp3) is 0.318. The maximum atomic E-state index is 13.0. The van der Waals surface area contributed by atoms with E-state index in [2.05, 4.69) is 22.0 Å². The van der Waals surface area contributed by atoms with Crippen LogP contribution in [0, 0.1) is 11.7 Å². The molecule has 0 unspecified atom stereocenters. The number of fused-ring (bicyclic) bond motifs is 1. The van der Waals surface area contributed by atoms with Crippen LogP contribution in [0.4, 0.5) is 4.39 Å². The molecular weight excluding hydrogens is 343 g/mol. The first-order valence-electron chi connectivity index (χ1n) is 9.42. The maximum absolute atomic E-state index is 13.0. The molecule has 0 bridgehead atoms. The molecule has 0 amide bonds. The first kappa shape index (κ1) is 17.7. The summed E-state index contributed by atoms with van der Waals surface area (Å²) in [6.07, 6.45) is 7.60. The van der Waals surface area contributed by atoms with Gasteiger partial charge in [0.2, 0.25) is 0 Å². The van der Waals surface area contributed by atoms with Crippen LogP contribution in [0.2, 0.25) is 0 Å². The summed E-state index contributed by atoms with van der Waals surface area (Å²) in [5.41, 5.74) is 3.56. The van der Waals surface area contributed by atoms with Crippen molar-refractivity contribution in [1.29, 1.82) is 0 Å². The fourth-order valence-electron chi connectivity index (χ4n) is 3.73. The van der Waals surface area contributed by atoms with E-state index in [0.29, 0.717) is 11.5 Å². The Kier molecular flexibility index (Phi) is 5.21. The van der Waals surface area contributed by atoms with E-state index in [9.17, 15) is 9.18 Å². The quantitative estimate of drug-likeness (QED) is 0.735. The van der Waals surface area contributed by atoms with E-state index in [1.54, 1.807) is 12.1 Å². The van der Waals surface area contributed by atoms with E-state index in [-0.39, 0.29) is 5.82 Å². The molecule has 0 radical (unpaired) electrons. The average Bonchev–Trinajstić information content (AvgIpc) is 3.04. The van der Waals surface area contributed by atoms with Crippen molar-refractivity contribution < 1.29 is 8.81 Å². The summed E-state index contributed by atoms with van der Waals surface area (Å²) < 4.78 is 18.1. The highest BCUT2D eigenvalue weighted by atomic mass is 19.1. The lowest BCUT2D eigenvalue weighted by atomic mass is 9.90. The second-order valence-electron chi connectivity index (χ2n) is 7.25. The van der Waals surface area contributed by atoms with Gasteiger partial charge in [0, 0.05) is 6.54 Å². The molecule has 27 heavy (non-hydrogen) atoms. The first-order valence-corrected chi connectivity index (χ1v) is 9.42. The zero-order valence-corrected chi connectivity index (χ0v) is 15.2. The predicted octanol–water partition coefficient (Wildman–Crippen LogP) is 4.23. The van der Waals surface area contributed by atoms with Crippen LogP contribution in [0.5, 0.6) is 0 Å². The number of piperidine rings is 1. The first-order chi connectivity index (χ1) is 13.2. The Hall–Kier alpha value is -2.66. The number of likely N-dealkylation sites (tertiary alicyclic amines) is 1. The molecule has 4 nitrogen and oxygen atoms in total. The largest absolute Gasteiger partial charge is 0.417 e. The Morgan fingerprint density at radius 3 is 2.70 bits per heavy atom. The highest BCUT2D eigenvalue weighted by molar-refractivity contribution is 5.75. The van der Waals surface area contributed by atoms with Gasteiger partial charge in [-0.2, -0.15) is 0 Å². The molecule has 1 aliphatic heterocycles. The molecule has 3 aromatic rings. The molecule has 1 fully saturated rings. The number of oxazole rings is 1. The lowest BCUT2D eigenvalue weighted by Gasteiger charge is -2.31. The molecule has 2 aromatic carbocycles. The molecule has 0 aliphatic carbocycles. The van der Waals surface area contributed by atoms with Crippen LogP contribution in [0.1, 0.15) is 24.0 Å².